The Bertz CT molecular complexity index is 4020. The van der Waals surface area contributed by atoms with Gasteiger partial charge in [-0.1, -0.05) is 176 Å². The van der Waals surface area contributed by atoms with Gasteiger partial charge in [-0.15, -0.1) is 0 Å². The quantitative estimate of drug-likeness (QED) is 0.168. The summed E-state index contributed by atoms with van der Waals surface area (Å²) in [5.41, 5.74) is 11.4. The van der Waals surface area contributed by atoms with Gasteiger partial charge < -0.3 is 4.42 Å². The lowest BCUT2D eigenvalue weighted by Crippen LogP contribution is -2.01. The van der Waals surface area contributed by atoms with Gasteiger partial charge in [-0.2, -0.15) is 0 Å². The second-order valence-electron chi connectivity index (χ2n) is 16.7. The Kier molecular flexibility index (Phi) is 8.50. The van der Waals surface area contributed by atoms with Gasteiger partial charge >= 0.3 is 0 Å². The average molecular weight is 828 g/mol. The zero-order valence-corrected chi connectivity index (χ0v) is 35.1. The molecule has 13 aromatic rings. The van der Waals surface area contributed by atoms with Gasteiger partial charge in [0, 0.05) is 27.5 Å². The maximum absolute atomic E-state index is 6.34. The summed E-state index contributed by atoms with van der Waals surface area (Å²) in [6.45, 7) is 0. The maximum Gasteiger partial charge on any atom is 0.164 e. The molecule has 0 saturated carbocycles. The smallest absolute Gasteiger partial charge is 0.164 e. The van der Waals surface area contributed by atoms with E-state index in [0.29, 0.717) is 17.5 Å². The zero-order chi connectivity index (χ0) is 42.8. The monoisotopic (exact) mass is 827 g/mol. The molecule has 0 radical (unpaired) electrons. The molecule has 65 heavy (non-hydrogen) atoms. The molecule has 2 heterocycles. The van der Waals surface area contributed by atoms with Gasteiger partial charge in [0.1, 0.15) is 11.2 Å². The van der Waals surface area contributed by atoms with Gasteiger partial charge in [-0.25, -0.2) is 15.0 Å². The van der Waals surface area contributed by atoms with E-state index in [1.54, 1.807) is 0 Å². The maximum atomic E-state index is 6.34. The average Bonchev–Trinajstić information content (AvgIpc) is 3.77. The van der Waals surface area contributed by atoms with Crippen LogP contribution < -0.4 is 0 Å². The van der Waals surface area contributed by atoms with E-state index in [9.17, 15) is 0 Å². The summed E-state index contributed by atoms with van der Waals surface area (Å²) < 4.78 is 6.34. The number of rotatable bonds is 6. The van der Waals surface area contributed by atoms with Crippen LogP contribution in [-0.4, -0.2) is 15.0 Å². The molecule has 13 rings (SSSR count). The molecule has 2 aromatic heterocycles. The van der Waals surface area contributed by atoms with Crippen molar-refractivity contribution in [3.63, 3.8) is 0 Å². The van der Waals surface area contributed by atoms with Crippen molar-refractivity contribution in [2.45, 2.75) is 0 Å². The third kappa shape index (κ3) is 6.34. The first-order chi connectivity index (χ1) is 32.2. The van der Waals surface area contributed by atoms with Crippen molar-refractivity contribution in [2.75, 3.05) is 0 Å². The Balaban J connectivity index is 1.02. The van der Waals surface area contributed by atoms with Crippen molar-refractivity contribution < 1.29 is 4.42 Å². The van der Waals surface area contributed by atoms with Crippen molar-refractivity contribution in [2.24, 2.45) is 0 Å². The van der Waals surface area contributed by atoms with Crippen molar-refractivity contribution in [1.82, 2.24) is 15.0 Å². The van der Waals surface area contributed by atoms with Gasteiger partial charge in [0.15, 0.2) is 17.5 Å². The summed E-state index contributed by atoms with van der Waals surface area (Å²) in [5, 5.41) is 11.3. The fourth-order valence-corrected chi connectivity index (χ4v) is 9.71. The third-order valence-corrected chi connectivity index (χ3v) is 12.9. The fourth-order valence-electron chi connectivity index (χ4n) is 9.71. The van der Waals surface area contributed by atoms with Crippen LogP contribution >= 0.6 is 0 Å². The molecule has 0 fully saturated rings. The standard InChI is InChI=1S/C61H37N3O/c1-2-13-38(14-3-1)41-26-27-43-35-46(30-28-42(43)33-41)59-62-60(47-36-44-17-6-7-18-48(44)55(37-47)45-29-25-39-15-4-5-16-40(39)34-45)64-61(63-59)53-32-31-51(49-19-8-9-20-50(49)53)52-22-12-24-57-58(52)54-21-10-11-23-56(54)65-57/h1-37H. The molecule has 0 aliphatic rings. The molecule has 302 valence electrons. The molecule has 11 aromatic carbocycles. The Hall–Kier alpha value is -8.73. The summed E-state index contributed by atoms with van der Waals surface area (Å²) in [6, 6.07) is 79.5. The third-order valence-electron chi connectivity index (χ3n) is 12.9. The minimum atomic E-state index is 0.611. The Labute approximate surface area is 374 Å². The van der Waals surface area contributed by atoms with E-state index in [4.69, 9.17) is 19.4 Å². The second-order valence-corrected chi connectivity index (χ2v) is 16.7. The van der Waals surface area contributed by atoms with Crippen LogP contribution in [0.25, 0.3) is 133 Å². The molecule has 0 aliphatic heterocycles. The number of nitrogens with zero attached hydrogens (tertiary/aromatic N) is 3. The van der Waals surface area contributed by atoms with Gasteiger partial charge in [0.2, 0.25) is 0 Å². The molecule has 4 heteroatoms. The number of furan rings is 1. The number of benzene rings is 11. The van der Waals surface area contributed by atoms with Crippen LogP contribution in [0.3, 0.4) is 0 Å². The minimum absolute atomic E-state index is 0.611. The van der Waals surface area contributed by atoms with E-state index in [0.717, 1.165) is 87.8 Å². The van der Waals surface area contributed by atoms with Crippen LogP contribution in [0.2, 0.25) is 0 Å². The highest BCUT2D eigenvalue weighted by atomic mass is 16.3. The Morgan fingerprint density at radius 1 is 0.246 bits per heavy atom. The van der Waals surface area contributed by atoms with Crippen molar-refractivity contribution >= 4 is 65.0 Å². The number of para-hydroxylation sites is 1. The van der Waals surface area contributed by atoms with Gasteiger partial charge in [0.05, 0.1) is 0 Å². The van der Waals surface area contributed by atoms with Crippen molar-refractivity contribution in [3.8, 4) is 67.5 Å². The highest BCUT2D eigenvalue weighted by Crippen LogP contribution is 2.42. The molecule has 0 amide bonds. The lowest BCUT2D eigenvalue weighted by molar-refractivity contribution is 0.669. The molecule has 0 atom stereocenters. The largest absolute Gasteiger partial charge is 0.456 e. The van der Waals surface area contributed by atoms with E-state index in [-0.39, 0.29) is 0 Å². The summed E-state index contributed by atoms with van der Waals surface area (Å²) >= 11 is 0. The Morgan fingerprint density at radius 2 is 0.785 bits per heavy atom. The van der Waals surface area contributed by atoms with Crippen LogP contribution in [0.1, 0.15) is 0 Å². The highest BCUT2D eigenvalue weighted by Gasteiger charge is 2.20. The van der Waals surface area contributed by atoms with Crippen LogP contribution in [-0.2, 0) is 0 Å². The first-order valence-electron chi connectivity index (χ1n) is 22.0. The first-order valence-corrected chi connectivity index (χ1v) is 22.0. The van der Waals surface area contributed by atoms with Crippen LogP contribution in [0.15, 0.2) is 229 Å². The highest BCUT2D eigenvalue weighted by molar-refractivity contribution is 6.16. The van der Waals surface area contributed by atoms with Crippen molar-refractivity contribution in [3.05, 3.63) is 224 Å². The molecular formula is C61H37N3O. The zero-order valence-electron chi connectivity index (χ0n) is 35.1. The van der Waals surface area contributed by atoms with Crippen LogP contribution in [0, 0.1) is 0 Å². The van der Waals surface area contributed by atoms with E-state index in [2.05, 4.69) is 212 Å². The summed E-state index contributed by atoms with van der Waals surface area (Å²) in [6.07, 6.45) is 0. The number of fused-ring (bicyclic) bond motifs is 7. The number of aromatic nitrogens is 3. The Morgan fingerprint density at radius 3 is 1.62 bits per heavy atom. The second kappa shape index (κ2) is 15.0. The summed E-state index contributed by atoms with van der Waals surface area (Å²) in [4.78, 5) is 16.1. The normalized spacial score (nSPS) is 11.7. The number of hydrogen-bond acceptors (Lipinski definition) is 4. The van der Waals surface area contributed by atoms with Gasteiger partial charge in [-0.3, -0.25) is 0 Å². The lowest BCUT2D eigenvalue weighted by atomic mass is 9.92. The lowest BCUT2D eigenvalue weighted by Gasteiger charge is -2.15. The molecular weight excluding hydrogens is 791 g/mol. The number of hydrogen-bond donors (Lipinski definition) is 0. The molecule has 0 N–H and O–H groups in total. The SMILES string of the molecule is c1ccc(-c2ccc3cc(-c4nc(-c5cc(-c6ccc7ccccc7c6)c6ccccc6c5)nc(-c5ccc(-c6cccc7oc8ccccc8c67)c6ccccc56)n4)ccc3c2)cc1. The molecule has 0 spiro atoms. The van der Waals surface area contributed by atoms with Gasteiger partial charge in [-0.05, 0) is 125 Å². The van der Waals surface area contributed by atoms with E-state index >= 15 is 0 Å². The predicted octanol–water partition coefficient (Wildman–Crippen LogP) is 16.4. The van der Waals surface area contributed by atoms with Crippen LogP contribution in [0.5, 0.6) is 0 Å². The molecule has 4 nitrogen and oxygen atoms in total. The molecule has 0 bridgehead atoms. The topological polar surface area (TPSA) is 51.8 Å². The van der Waals surface area contributed by atoms with E-state index < -0.39 is 0 Å². The minimum Gasteiger partial charge on any atom is -0.456 e. The van der Waals surface area contributed by atoms with Gasteiger partial charge in [0.25, 0.3) is 0 Å². The van der Waals surface area contributed by atoms with Crippen LogP contribution in [0.4, 0.5) is 0 Å². The van der Waals surface area contributed by atoms with E-state index in [1.807, 2.05) is 12.1 Å². The summed E-state index contributed by atoms with van der Waals surface area (Å²) in [7, 11) is 0. The predicted molar refractivity (Wildman–Crippen MR) is 270 cm³/mol. The first kappa shape index (κ1) is 36.9. The van der Waals surface area contributed by atoms with Crippen molar-refractivity contribution in [1.29, 1.82) is 0 Å². The van der Waals surface area contributed by atoms with E-state index in [1.165, 1.54) is 27.3 Å². The molecule has 0 aliphatic carbocycles. The fraction of sp³-hybridized carbons (Fsp3) is 0. The molecule has 0 unspecified atom stereocenters. The summed E-state index contributed by atoms with van der Waals surface area (Å²) in [5.74, 6) is 1.84. The molecule has 0 saturated heterocycles.